The average Bonchev–Trinajstić information content (AvgIpc) is 2.02. The van der Waals surface area contributed by atoms with Gasteiger partial charge in [0.25, 0.3) is 0 Å². The molecule has 2 nitrogen and oxygen atoms in total. The third kappa shape index (κ3) is 16.0. The number of aryl methyl sites for hydroxylation is 2. The minimum absolute atomic E-state index is 0.854. The quantitative estimate of drug-likeness (QED) is 0.0391. The minimum Gasteiger partial charge on any atom is -0.497 e. The van der Waals surface area contributed by atoms with E-state index in [0.717, 1.165) is 46.6 Å². The van der Waals surface area contributed by atoms with Crippen LogP contribution in [0.1, 0.15) is 153 Å². The largest absolute Gasteiger partial charge is 0.497 e. The summed E-state index contributed by atoms with van der Waals surface area (Å²) in [7, 11) is 3.45. The van der Waals surface area contributed by atoms with Gasteiger partial charge in [-0.1, -0.05) is 311 Å². The maximum absolute atomic E-state index is 5.56. The molecule has 0 aliphatic carbocycles. The van der Waals surface area contributed by atoms with Gasteiger partial charge in [0.05, 0.1) is 14.2 Å². The molecule has 0 saturated heterocycles. The van der Waals surface area contributed by atoms with Crippen molar-refractivity contribution in [1.82, 2.24) is 0 Å². The Morgan fingerprint density at radius 1 is 0.207 bits per heavy atom. The monoisotopic (exact) mass is 1080 g/mol. The number of hydrogen-bond acceptors (Lipinski definition) is 2. The van der Waals surface area contributed by atoms with Crippen LogP contribution in [0.2, 0.25) is 0 Å². The molecule has 0 bridgehead atoms. The van der Waals surface area contributed by atoms with Crippen molar-refractivity contribution in [3.63, 3.8) is 0 Å². The smallest absolute Gasteiger partial charge is 0.118 e. The van der Waals surface area contributed by atoms with Gasteiger partial charge in [-0.2, -0.15) is 0 Å². The van der Waals surface area contributed by atoms with Crippen LogP contribution in [0.3, 0.4) is 0 Å². The van der Waals surface area contributed by atoms with Crippen molar-refractivity contribution in [2.45, 2.75) is 155 Å². The van der Waals surface area contributed by atoms with Crippen LogP contribution in [0.5, 0.6) is 11.5 Å². The first-order valence-electron chi connectivity index (χ1n) is 31.6. The van der Waals surface area contributed by atoms with E-state index in [1.807, 2.05) is 0 Å². The molecule has 2 heteroatoms. The second-order valence-corrected chi connectivity index (χ2v) is 22.9. The number of unbranched alkanes of at least 4 members (excludes halogenated alkanes) is 18. The Morgan fingerprint density at radius 3 is 0.671 bits per heavy atom. The maximum atomic E-state index is 5.56. The molecule has 82 heavy (non-hydrogen) atoms. The topological polar surface area (TPSA) is 18.5 Å². The van der Waals surface area contributed by atoms with Crippen molar-refractivity contribution in [2.24, 2.45) is 0 Å². The van der Waals surface area contributed by atoms with Crippen LogP contribution in [0.15, 0.2) is 206 Å². The number of benzene rings is 9. The summed E-state index contributed by atoms with van der Waals surface area (Å²) in [5.74, 6) is 1.71. The summed E-state index contributed by atoms with van der Waals surface area (Å²) in [5.41, 5.74) is 22.0. The van der Waals surface area contributed by atoms with E-state index in [1.54, 1.807) is 14.2 Å². The molecule has 0 aromatic heterocycles. The molecule has 0 saturated carbocycles. The Bertz CT molecular complexity index is 3040. The molecule has 0 atom stereocenters. The molecule has 0 heterocycles. The molecule has 0 aliphatic rings. The predicted octanol–water partition coefficient (Wildman–Crippen LogP) is 24.0. The van der Waals surface area contributed by atoms with Crippen molar-refractivity contribution in [2.75, 3.05) is 14.2 Å². The summed E-state index contributed by atoms with van der Waals surface area (Å²) in [6.07, 6.45) is 29.1. The minimum atomic E-state index is 0.854. The fourth-order valence-corrected chi connectivity index (χ4v) is 12.2. The molecule has 0 fully saturated rings. The highest BCUT2D eigenvalue weighted by atomic mass is 16.5. The Balaban J connectivity index is 1.20. The summed E-state index contributed by atoms with van der Waals surface area (Å²) < 4.78 is 11.1. The average molecular weight is 1080 g/mol. The third-order valence-corrected chi connectivity index (χ3v) is 16.9. The van der Waals surface area contributed by atoms with Crippen LogP contribution in [0, 0.1) is 0 Å². The fourth-order valence-electron chi connectivity index (χ4n) is 12.2. The lowest BCUT2D eigenvalue weighted by Gasteiger charge is -2.29. The number of rotatable bonds is 32. The zero-order valence-electron chi connectivity index (χ0n) is 50.0. The van der Waals surface area contributed by atoms with Gasteiger partial charge in [0.2, 0.25) is 0 Å². The van der Waals surface area contributed by atoms with Crippen LogP contribution in [-0.4, -0.2) is 14.2 Å². The molecule has 0 amide bonds. The van der Waals surface area contributed by atoms with Crippen molar-refractivity contribution in [3.8, 4) is 101 Å². The van der Waals surface area contributed by atoms with E-state index in [-0.39, 0.29) is 0 Å². The first-order chi connectivity index (χ1) is 40.6. The molecule has 0 unspecified atom stereocenters. The fraction of sp³-hybridized carbons (Fsp3) is 0.325. The highest BCUT2D eigenvalue weighted by Crippen LogP contribution is 2.56. The van der Waals surface area contributed by atoms with Gasteiger partial charge in [-0.05, 0) is 150 Å². The predicted molar refractivity (Wildman–Crippen MR) is 354 cm³/mol. The lowest BCUT2D eigenvalue weighted by atomic mass is 9.74. The summed E-state index contributed by atoms with van der Waals surface area (Å²) in [5, 5.41) is 0. The van der Waals surface area contributed by atoms with Gasteiger partial charge < -0.3 is 9.47 Å². The van der Waals surface area contributed by atoms with Gasteiger partial charge in [0.15, 0.2) is 0 Å². The highest BCUT2D eigenvalue weighted by Gasteiger charge is 2.29. The molecule has 422 valence electrons. The number of methoxy groups -OCH3 is 2. The van der Waals surface area contributed by atoms with Crippen LogP contribution < -0.4 is 9.47 Å². The molecule has 0 spiro atoms. The van der Waals surface area contributed by atoms with Crippen molar-refractivity contribution >= 4 is 0 Å². The Morgan fingerprint density at radius 2 is 0.415 bits per heavy atom. The first-order valence-corrected chi connectivity index (χ1v) is 31.6. The van der Waals surface area contributed by atoms with Crippen LogP contribution in [-0.2, 0) is 12.8 Å². The van der Waals surface area contributed by atoms with E-state index in [0.29, 0.717) is 0 Å². The van der Waals surface area contributed by atoms with Gasteiger partial charge >= 0.3 is 0 Å². The Hall–Kier alpha value is -7.42. The highest BCUT2D eigenvalue weighted by molar-refractivity contribution is 6.15. The van der Waals surface area contributed by atoms with Crippen LogP contribution >= 0.6 is 0 Å². The summed E-state index contributed by atoms with van der Waals surface area (Å²) in [4.78, 5) is 0. The number of ether oxygens (including phenoxy) is 2. The summed E-state index contributed by atoms with van der Waals surface area (Å²) in [6, 6.07) is 77.3. The molecule has 0 radical (unpaired) electrons. The Labute approximate surface area is 494 Å². The molecular weight excluding hydrogens is 993 g/mol. The van der Waals surface area contributed by atoms with E-state index in [1.165, 1.54) is 206 Å². The van der Waals surface area contributed by atoms with E-state index in [4.69, 9.17) is 9.47 Å². The van der Waals surface area contributed by atoms with Gasteiger partial charge in [-0.25, -0.2) is 0 Å². The van der Waals surface area contributed by atoms with Gasteiger partial charge in [-0.3, -0.25) is 0 Å². The van der Waals surface area contributed by atoms with E-state index < -0.39 is 0 Å². The molecule has 9 rings (SSSR count). The molecule has 0 aliphatic heterocycles. The Kier molecular flexibility index (Phi) is 22.9. The zero-order chi connectivity index (χ0) is 56.6. The van der Waals surface area contributed by atoms with Gasteiger partial charge in [0.1, 0.15) is 11.5 Å². The first kappa shape index (κ1) is 59.2. The lowest BCUT2D eigenvalue weighted by molar-refractivity contribution is 0.415. The zero-order valence-corrected chi connectivity index (χ0v) is 50.0. The van der Waals surface area contributed by atoms with Crippen molar-refractivity contribution < 1.29 is 9.47 Å². The van der Waals surface area contributed by atoms with Crippen molar-refractivity contribution in [1.29, 1.82) is 0 Å². The SMILES string of the molecule is CCCCCCCCCCCCc1ccc(-c2c(-c3ccccc3)c(-c3ccc(-c4ccc(OC)cc4)cc3)c(-c3ccc(-c4ccc(OC)cc4)cc3)c(-c3ccccc3)c2-c2ccc(CCCCCCCCCCCC)cc2)cc1. The van der Waals surface area contributed by atoms with Crippen LogP contribution in [0.25, 0.3) is 89.0 Å². The van der Waals surface area contributed by atoms with Gasteiger partial charge in [0, 0.05) is 0 Å². The molecule has 0 N–H and O–H groups in total. The number of hydrogen-bond donors (Lipinski definition) is 0. The molecule has 9 aromatic rings. The lowest BCUT2D eigenvalue weighted by Crippen LogP contribution is -2.02. The van der Waals surface area contributed by atoms with E-state index >= 15 is 0 Å². The molecule has 9 aromatic carbocycles. The maximum Gasteiger partial charge on any atom is 0.118 e. The molecular formula is C80H90O2. The summed E-state index contributed by atoms with van der Waals surface area (Å²) >= 11 is 0. The van der Waals surface area contributed by atoms with Crippen LogP contribution in [0.4, 0.5) is 0 Å². The van der Waals surface area contributed by atoms with E-state index in [9.17, 15) is 0 Å². The second-order valence-electron chi connectivity index (χ2n) is 22.9. The van der Waals surface area contributed by atoms with Crippen molar-refractivity contribution in [3.05, 3.63) is 217 Å². The van der Waals surface area contributed by atoms with Gasteiger partial charge in [-0.15, -0.1) is 0 Å². The second kappa shape index (κ2) is 31.7. The summed E-state index contributed by atoms with van der Waals surface area (Å²) in [6.45, 7) is 4.61. The normalized spacial score (nSPS) is 11.3. The van der Waals surface area contributed by atoms with E-state index in [2.05, 4.69) is 220 Å². The standard InChI is InChI=1S/C80H90O2/c1-5-7-9-11-13-15-17-19-21-25-31-61-37-41-69(42-38-61)77-75(67-33-27-23-28-34-67)79(71-49-45-63(46-50-71)65-53-57-73(81-3)58-54-65)80(72-51-47-64(48-52-72)66-55-59-74(82-4)60-56-66)76(68-35-29-24-30-36-68)78(77)70-43-39-62(40-44-70)32-26-22-20-18-16-14-12-10-8-6-2/h23-24,27-30,33-60H,5-22,25-26,31-32H2,1-4H3. The third-order valence-electron chi connectivity index (χ3n) is 16.9.